The van der Waals surface area contributed by atoms with Crippen molar-refractivity contribution in [3.63, 3.8) is 0 Å². The molecule has 0 aliphatic carbocycles. The molecule has 16 nitrogen and oxygen atoms in total. The second kappa shape index (κ2) is 29.0. The zero-order valence-corrected chi connectivity index (χ0v) is 44.7. The summed E-state index contributed by atoms with van der Waals surface area (Å²) in [5.74, 6) is 1.19. The normalized spacial score (nSPS) is 12.4. The highest BCUT2D eigenvalue weighted by Gasteiger charge is 2.40. The van der Waals surface area contributed by atoms with E-state index in [1.165, 1.54) is 67.0 Å². The molecule has 21 heteroatoms. The van der Waals surface area contributed by atoms with Gasteiger partial charge >= 0.3 is 18.2 Å². The number of thiazole rings is 2. The fourth-order valence-corrected chi connectivity index (χ4v) is 8.79. The Labute approximate surface area is 442 Å². The average molecular weight is 1070 g/mol. The van der Waals surface area contributed by atoms with Crippen LogP contribution < -0.4 is 26.0 Å². The van der Waals surface area contributed by atoms with Crippen molar-refractivity contribution in [3.8, 4) is 39.5 Å². The van der Waals surface area contributed by atoms with Crippen molar-refractivity contribution in [2.75, 3.05) is 30.3 Å². The van der Waals surface area contributed by atoms with Crippen LogP contribution in [0.2, 0.25) is 0 Å². The molecule has 2 atom stereocenters. The minimum absolute atomic E-state index is 0.311. The number of carbonyl (C=O) groups is 2. The fourth-order valence-electron chi connectivity index (χ4n) is 6.88. The standard InChI is InChI=1S/C25H24F3N5O3S.C22H24N6O2S.C7H16/c1-3-9-36-16-7-8-30-19(12-16)17-10-15(14-5-6-18(31-13-14)22(34)25(26,27)28)11-20-21(17)37-24(32-20)33-23(35)29-4-2;1-5-15(12-26-13(3)14(4)29)16-10-17(20-24-8-7-9-25-20)19-18(11-16)27-22(31-19)28-21(30)23-6-2;1-3-5-7-6-4-2/h5-8,10-13,22,34H,3-4,9H2,1-2H3,(H2,29,32,33,35);5,7-12,14,29H,1,6H2,2-4H3,(H2,23,27,28,30);3-7H2,1-2H3/b;15-12+,26-13?;. The lowest BCUT2D eigenvalue weighted by atomic mass is 10.0. The quantitative estimate of drug-likeness (QED) is 0.0254. The number of allylic oxidation sites excluding steroid dienone is 2. The molecule has 0 fully saturated rings. The summed E-state index contributed by atoms with van der Waals surface area (Å²) >= 11 is 2.63. The van der Waals surface area contributed by atoms with Crippen molar-refractivity contribution >= 4 is 76.7 Å². The molecular formula is C54H64F3N11O5S2. The molecule has 0 spiro atoms. The monoisotopic (exact) mass is 1070 g/mol. The van der Waals surface area contributed by atoms with Gasteiger partial charge < -0.3 is 25.6 Å². The van der Waals surface area contributed by atoms with Crippen molar-refractivity contribution in [2.45, 2.75) is 105 Å². The van der Waals surface area contributed by atoms with Crippen LogP contribution in [-0.2, 0) is 0 Å². The van der Waals surface area contributed by atoms with E-state index in [1.54, 1.807) is 75.9 Å². The Morgan fingerprint density at radius 2 is 1.40 bits per heavy atom. The van der Waals surface area contributed by atoms with Gasteiger partial charge in [0.25, 0.3) is 0 Å². The summed E-state index contributed by atoms with van der Waals surface area (Å²) in [4.78, 5) is 54.5. The van der Waals surface area contributed by atoms with Crippen molar-refractivity contribution in [1.82, 2.24) is 40.5 Å². The van der Waals surface area contributed by atoms with E-state index in [1.807, 2.05) is 32.0 Å². The van der Waals surface area contributed by atoms with Crippen LogP contribution in [-0.4, -0.2) is 89.9 Å². The van der Waals surface area contributed by atoms with Gasteiger partial charge in [0.15, 0.2) is 22.2 Å². The SMILES string of the molecule is C=C/C(=C\N=C(C)C(C)O)c1cc(-c2ncccn2)c2sc(NC(=O)NCC)nc2c1.CCCCCCC.CCCOc1ccnc(-c2cc(-c3ccc(C(O)C(F)(F)F)nc3)cc3nc(NC(=O)NCC)sc23)c1. The molecular weight excluding hydrogens is 1000 g/mol. The van der Waals surface area contributed by atoms with Crippen molar-refractivity contribution < 1.29 is 37.7 Å². The predicted molar refractivity (Wildman–Crippen MR) is 296 cm³/mol. The van der Waals surface area contributed by atoms with Gasteiger partial charge in [0.2, 0.25) is 0 Å². The lowest BCUT2D eigenvalue weighted by molar-refractivity contribution is -0.207. The molecule has 0 saturated heterocycles. The van der Waals surface area contributed by atoms with Gasteiger partial charge in [-0.2, -0.15) is 13.2 Å². The summed E-state index contributed by atoms with van der Waals surface area (Å²) < 4.78 is 46.0. The van der Waals surface area contributed by atoms with E-state index in [0.717, 1.165) is 38.6 Å². The maximum Gasteiger partial charge on any atom is 0.420 e. The number of rotatable bonds is 19. The number of benzene rings is 2. The van der Waals surface area contributed by atoms with Gasteiger partial charge in [0.1, 0.15) is 5.75 Å². The van der Waals surface area contributed by atoms with Gasteiger partial charge in [0, 0.05) is 72.5 Å². The van der Waals surface area contributed by atoms with Crippen LogP contribution in [0.4, 0.5) is 33.0 Å². The van der Waals surface area contributed by atoms with Crippen molar-refractivity contribution in [3.05, 3.63) is 109 Å². The number of ether oxygens (including phenoxy) is 1. The first-order valence-corrected chi connectivity index (χ1v) is 26.3. The number of fused-ring (bicyclic) bond motifs is 2. The van der Waals surface area contributed by atoms with Gasteiger partial charge in [-0.3, -0.25) is 25.6 Å². The van der Waals surface area contributed by atoms with Gasteiger partial charge in [0.05, 0.1) is 44.5 Å². The van der Waals surface area contributed by atoms with E-state index in [2.05, 4.69) is 76.6 Å². The van der Waals surface area contributed by atoms with Crippen LogP contribution >= 0.6 is 22.7 Å². The summed E-state index contributed by atoms with van der Waals surface area (Å²) in [5.41, 5.74) is 6.17. The molecule has 2 unspecified atom stereocenters. The molecule has 7 rings (SSSR count). The number of hydrogen-bond acceptors (Lipinski definition) is 14. The molecule has 0 aliphatic heterocycles. The summed E-state index contributed by atoms with van der Waals surface area (Å²) in [7, 11) is 0. The first kappa shape index (κ1) is 58.7. The third-order valence-electron chi connectivity index (χ3n) is 10.9. The molecule has 7 aromatic rings. The summed E-state index contributed by atoms with van der Waals surface area (Å²) in [5, 5.41) is 30.8. The molecule has 5 aromatic heterocycles. The smallest absolute Gasteiger partial charge is 0.420 e. The predicted octanol–water partition coefficient (Wildman–Crippen LogP) is 13.2. The van der Waals surface area contributed by atoms with Crippen molar-refractivity contribution in [1.29, 1.82) is 0 Å². The minimum Gasteiger partial charge on any atom is -0.493 e. The number of pyridine rings is 2. The van der Waals surface area contributed by atoms with Gasteiger partial charge in [-0.05, 0) is 93.3 Å². The molecule has 0 saturated carbocycles. The third-order valence-corrected chi connectivity index (χ3v) is 12.9. The number of aliphatic hydroxyl groups excluding tert-OH is 2. The number of urea groups is 2. The maximum atomic E-state index is 12.9. The summed E-state index contributed by atoms with van der Waals surface area (Å²) in [6, 6.07) is 14.6. The van der Waals surface area contributed by atoms with Crippen LogP contribution in [0, 0.1) is 0 Å². The second-order valence-corrected chi connectivity index (χ2v) is 18.8. The van der Waals surface area contributed by atoms with Crippen molar-refractivity contribution in [2.24, 2.45) is 4.99 Å². The third kappa shape index (κ3) is 17.2. The first-order valence-electron chi connectivity index (χ1n) is 24.7. The van der Waals surface area contributed by atoms with E-state index in [0.29, 0.717) is 80.7 Å². The Morgan fingerprint density at radius 1 is 0.773 bits per heavy atom. The van der Waals surface area contributed by atoms with Gasteiger partial charge in [-0.15, -0.1) is 0 Å². The Bertz CT molecular complexity index is 3030. The topological polar surface area (TPSA) is 222 Å². The molecule has 5 heterocycles. The highest BCUT2D eigenvalue weighted by Crippen LogP contribution is 2.40. The molecule has 4 amide bonds. The van der Waals surface area contributed by atoms with Crippen LogP contribution in [0.25, 0.3) is 59.8 Å². The van der Waals surface area contributed by atoms with E-state index >= 15 is 0 Å². The molecule has 0 bridgehead atoms. The lowest BCUT2D eigenvalue weighted by Gasteiger charge is -2.14. The second-order valence-electron chi connectivity index (χ2n) is 16.8. The van der Waals surface area contributed by atoms with E-state index in [-0.39, 0.29) is 12.1 Å². The number of nitrogens with one attached hydrogen (secondary N) is 4. The van der Waals surface area contributed by atoms with Crippen LogP contribution in [0.1, 0.15) is 104 Å². The Morgan fingerprint density at radius 3 is 1.95 bits per heavy atom. The molecule has 0 radical (unpaired) electrons. The molecule has 2 aromatic carbocycles. The zero-order chi connectivity index (χ0) is 54.5. The fraction of sp³-hybridized carbons (Fsp3) is 0.352. The van der Waals surface area contributed by atoms with Gasteiger partial charge in [-0.1, -0.05) is 94.3 Å². The summed E-state index contributed by atoms with van der Waals surface area (Å²) in [6.45, 7) is 19.0. The zero-order valence-electron chi connectivity index (χ0n) is 43.1. The number of carbonyl (C=O) groups excluding carboxylic acids is 2. The van der Waals surface area contributed by atoms with Gasteiger partial charge in [-0.25, -0.2) is 29.5 Å². The van der Waals surface area contributed by atoms with E-state index in [4.69, 9.17) is 4.74 Å². The first-order chi connectivity index (χ1) is 36.0. The number of aliphatic imine (C=N–C) groups is 1. The number of amides is 4. The Hall–Kier alpha value is -7.20. The summed E-state index contributed by atoms with van der Waals surface area (Å²) in [6.07, 6.45) is 9.32. The Balaban J connectivity index is 0.000000249. The average Bonchev–Trinajstić information content (AvgIpc) is 4.01. The van der Waals surface area contributed by atoms with Crippen LogP contribution in [0.3, 0.4) is 0 Å². The number of aliphatic hydroxyl groups is 2. The van der Waals surface area contributed by atoms with Crippen LogP contribution in [0.5, 0.6) is 5.75 Å². The number of halogens is 3. The minimum atomic E-state index is -4.81. The number of unbranched alkanes of at least 4 members (excludes halogenated alkanes) is 4. The molecule has 0 aliphatic rings. The van der Waals surface area contributed by atoms with E-state index < -0.39 is 24.1 Å². The number of nitrogens with zero attached hydrogens (tertiary/aromatic N) is 7. The van der Waals surface area contributed by atoms with E-state index in [9.17, 15) is 33.0 Å². The largest absolute Gasteiger partial charge is 0.493 e. The van der Waals surface area contributed by atoms with Crippen LogP contribution in [0.15, 0.2) is 103 Å². The molecule has 75 heavy (non-hydrogen) atoms. The number of hydrogen-bond donors (Lipinski definition) is 6. The Kier molecular flexibility index (Phi) is 22.7. The highest BCUT2D eigenvalue weighted by atomic mass is 32.1. The number of aromatic nitrogens is 6. The highest BCUT2D eigenvalue weighted by molar-refractivity contribution is 7.23. The molecule has 6 N–H and O–H groups in total. The molecule has 398 valence electrons. The maximum absolute atomic E-state index is 12.9. The number of alkyl halides is 3. The number of anilines is 2. The lowest BCUT2D eigenvalue weighted by Crippen LogP contribution is -2.28.